The first-order valence-corrected chi connectivity index (χ1v) is 11.8. The van der Waals surface area contributed by atoms with Crippen LogP contribution in [0.1, 0.15) is 23.5 Å². The molecule has 0 spiro atoms. The summed E-state index contributed by atoms with van der Waals surface area (Å²) in [7, 11) is 2.71. The van der Waals surface area contributed by atoms with Crippen molar-refractivity contribution < 1.29 is 22.5 Å². The van der Waals surface area contributed by atoms with Gasteiger partial charge in [0.1, 0.15) is 39.9 Å². The lowest BCUT2D eigenvalue weighted by atomic mass is 10.1. The second-order valence-electron chi connectivity index (χ2n) is 8.11. The van der Waals surface area contributed by atoms with E-state index in [-0.39, 0.29) is 34.1 Å². The fourth-order valence-corrected chi connectivity index (χ4v) is 5.16. The van der Waals surface area contributed by atoms with Crippen LogP contribution in [0.4, 0.5) is 26.0 Å². The van der Waals surface area contributed by atoms with Crippen molar-refractivity contribution in [2.75, 3.05) is 24.3 Å². The van der Waals surface area contributed by atoms with E-state index in [1.165, 1.54) is 44.0 Å². The van der Waals surface area contributed by atoms with Gasteiger partial charge in [0.2, 0.25) is 0 Å². The van der Waals surface area contributed by atoms with Crippen molar-refractivity contribution in [1.82, 2.24) is 4.57 Å². The van der Waals surface area contributed by atoms with Crippen molar-refractivity contribution in [3.63, 3.8) is 0 Å². The molecule has 0 aliphatic heterocycles. The van der Waals surface area contributed by atoms with Gasteiger partial charge in [-0.15, -0.1) is 0 Å². The lowest BCUT2D eigenvalue weighted by Crippen LogP contribution is -2.23. The van der Waals surface area contributed by atoms with Crippen LogP contribution in [0, 0.1) is 18.6 Å². The molecule has 1 saturated carbocycles. The van der Waals surface area contributed by atoms with E-state index in [4.69, 9.17) is 9.47 Å². The van der Waals surface area contributed by atoms with Crippen molar-refractivity contribution in [3.8, 4) is 11.5 Å². The van der Waals surface area contributed by atoms with E-state index in [2.05, 4.69) is 10.0 Å². The van der Waals surface area contributed by atoms with Crippen molar-refractivity contribution in [3.05, 3.63) is 75.6 Å². The summed E-state index contributed by atoms with van der Waals surface area (Å²) >= 11 is 0. The molecular weight excluding hydrogens is 464 g/mol. The maximum absolute atomic E-state index is 14.5. The standard InChI is InChI=1S/C24H25F2N3O4S/c1-13-5-8-19(18(26)9-13)27-24-23(20(33-4)12-22(30)29(24)2)28-34(31)21-11-16(21)15-7-6-14(32-3)10-17(15)25/h5-10,12,16,21,27-28H,11H2,1-4H3. The number of nitrogens with zero attached hydrogens (tertiary/aromatic N) is 1. The average Bonchev–Trinajstić information content (AvgIpc) is 3.60. The topological polar surface area (TPSA) is 81.6 Å². The summed E-state index contributed by atoms with van der Waals surface area (Å²) < 4.78 is 56.7. The Morgan fingerprint density at radius 2 is 1.82 bits per heavy atom. The number of hydrogen-bond acceptors (Lipinski definition) is 5. The largest absolute Gasteiger partial charge is 0.497 e. The van der Waals surface area contributed by atoms with E-state index in [1.807, 2.05) is 0 Å². The molecule has 0 amide bonds. The smallest absolute Gasteiger partial charge is 0.255 e. The molecule has 0 radical (unpaired) electrons. The fourth-order valence-electron chi connectivity index (χ4n) is 3.78. The number of nitrogens with one attached hydrogen (secondary N) is 2. The molecule has 0 saturated heterocycles. The zero-order valence-corrected chi connectivity index (χ0v) is 20.0. The zero-order chi connectivity index (χ0) is 24.6. The highest BCUT2D eigenvalue weighted by atomic mass is 32.2. The lowest BCUT2D eigenvalue weighted by molar-refractivity contribution is 0.410. The number of benzene rings is 2. The monoisotopic (exact) mass is 489 g/mol. The van der Waals surface area contributed by atoms with Gasteiger partial charge in [-0.25, -0.2) is 13.0 Å². The number of anilines is 3. The van der Waals surface area contributed by atoms with E-state index >= 15 is 0 Å². The summed E-state index contributed by atoms with van der Waals surface area (Å²) in [5.41, 5.74) is 1.20. The summed E-state index contributed by atoms with van der Waals surface area (Å²) in [4.78, 5) is 12.5. The van der Waals surface area contributed by atoms with Crippen LogP contribution in [0.25, 0.3) is 0 Å². The second-order valence-corrected chi connectivity index (χ2v) is 9.51. The van der Waals surface area contributed by atoms with E-state index in [0.717, 1.165) is 5.56 Å². The minimum absolute atomic E-state index is 0.146. The molecule has 1 fully saturated rings. The number of ether oxygens (including phenoxy) is 2. The first-order valence-electron chi connectivity index (χ1n) is 10.5. The molecule has 4 rings (SSSR count). The fraction of sp³-hybridized carbons (Fsp3) is 0.292. The molecule has 1 aliphatic carbocycles. The minimum Gasteiger partial charge on any atom is -0.497 e. The van der Waals surface area contributed by atoms with Crippen LogP contribution in [0.5, 0.6) is 11.5 Å². The number of aryl methyl sites for hydroxylation is 1. The van der Waals surface area contributed by atoms with Gasteiger partial charge >= 0.3 is 0 Å². The quantitative estimate of drug-likeness (QED) is 0.491. The predicted octanol–water partition coefficient (Wildman–Crippen LogP) is 4.36. The highest BCUT2D eigenvalue weighted by Crippen LogP contribution is 2.47. The number of hydrogen-bond donors (Lipinski definition) is 2. The minimum atomic E-state index is -1.64. The molecule has 1 aliphatic rings. The van der Waals surface area contributed by atoms with Crippen molar-refractivity contribution >= 4 is 28.2 Å². The zero-order valence-electron chi connectivity index (χ0n) is 19.1. The highest BCUT2D eigenvalue weighted by Gasteiger charge is 2.45. The van der Waals surface area contributed by atoms with E-state index in [9.17, 15) is 17.8 Å². The summed E-state index contributed by atoms with van der Waals surface area (Å²) in [6.07, 6.45) is 0.520. The molecular formula is C24H25F2N3O4S. The molecule has 0 bridgehead atoms. The SMILES string of the molecule is COc1ccc(C2CC2S(=O)Nc2c(OC)cc(=O)n(C)c2Nc2ccc(C)cc2F)c(F)c1. The van der Waals surface area contributed by atoms with Gasteiger partial charge in [0.25, 0.3) is 5.56 Å². The van der Waals surface area contributed by atoms with Crippen LogP contribution in [-0.4, -0.2) is 28.2 Å². The number of halogens is 2. The third kappa shape index (κ3) is 4.63. The van der Waals surface area contributed by atoms with Crippen LogP contribution in [-0.2, 0) is 18.0 Å². The lowest BCUT2D eigenvalue weighted by Gasteiger charge is -2.20. The van der Waals surface area contributed by atoms with E-state index in [1.54, 1.807) is 31.2 Å². The van der Waals surface area contributed by atoms with Gasteiger partial charge in [0, 0.05) is 25.1 Å². The molecule has 34 heavy (non-hydrogen) atoms. The Morgan fingerprint density at radius 1 is 1.06 bits per heavy atom. The average molecular weight is 490 g/mol. The molecule has 3 atom stereocenters. The van der Waals surface area contributed by atoms with Gasteiger partial charge < -0.3 is 14.8 Å². The van der Waals surface area contributed by atoms with E-state index < -0.39 is 28.2 Å². The number of methoxy groups -OCH3 is 2. The number of pyridine rings is 1. The first-order chi connectivity index (χ1) is 16.2. The van der Waals surface area contributed by atoms with Gasteiger partial charge in [-0.1, -0.05) is 12.1 Å². The molecule has 2 aromatic carbocycles. The van der Waals surface area contributed by atoms with Gasteiger partial charge in [-0.2, -0.15) is 0 Å². The van der Waals surface area contributed by atoms with Gasteiger partial charge in [-0.05, 0) is 42.7 Å². The maximum Gasteiger partial charge on any atom is 0.255 e. The Hall–Kier alpha value is -3.40. The van der Waals surface area contributed by atoms with Crippen LogP contribution in [0.2, 0.25) is 0 Å². The normalized spacial score (nSPS) is 17.7. The molecule has 3 aromatic rings. The molecule has 1 heterocycles. The number of aromatic nitrogens is 1. The van der Waals surface area contributed by atoms with E-state index in [0.29, 0.717) is 17.7 Å². The Bertz CT molecular complexity index is 1330. The Balaban J connectivity index is 1.63. The molecule has 180 valence electrons. The van der Waals surface area contributed by atoms with Crippen molar-refractivity contribution in [2.45, 2.75) is 24.5 Å². The Kier molecular flexibility index (Phi) is 6.60. The van der Waals surface area contributed by atoms with Crippen LogP contribution >= 0.6 is 0 Å². The molecule has 7 nitrogen and oxygen atoms in total. The van der Waals surface area contributed by atoms with Crippen molar-refractivity contribution in [1.29, 1.82) is 0 Å². The summed E-state index contributed by atoms with van der Waals surface area (Å²) in [5.74, 6) is -0.400. The third-order valence-corrected chi connectivity index (χ3v) is 7.29. The first kappa shape index (κ1) is 23.7. The molecule has 2 N–H and O–H groups in total. The summed E-state index contributed by atoms with van der Waals surface area (Å²) in [5, 5.41) is 2.57. The third-order valence-electron chi connectivity index (χ3n) is 5.82. The van der Waals surface area contributed by atoms with Crippen LogP contribution in [0.15, 0.2) is 47.3 Å². The summed E-state index contributed by atoms with van der Waals surface area (Å²) in [6, 6.07) is 10.5. The predicted molar refractivity (Wildman–Crippen MR) is 129 cm³/mol. The summed E-state index contributed by atoms with van der Waals surface area (Å²) in [6.45, 7) is 1.77. The van der Waals surface area contributed by atoms with Gasteiger partial charge in [0.05, 0.1) is 25.2 Å². The molecule has 1 aromatic heterocycles. The van der Waals surface area contributed by atoms with Gasteiger partial charge in [-0.3, -0.25) is 14.1 Å². The maximum atomic E-state index is 14.5. The van der Waals surface area contributed by atoms with Crippen LogP contribution in [0.3, 0.4) is 0 Å². The molecule has 10 heteroatoms. The Labute approximate surface area is 198 Å². The molecule has 3 unspecified atom stereocenters. The van der Waals surface area contributed by atoms with Gasteiger partial charge in [0.15, 0.2) is 5.75 Å². The number of rotatable bonds is 8. The van der Waals surface area contributed by atoms with Crippen LogP contribution < -0.4 is 25.1 Å². The second kappa shape index (κ2) is 9.46. The Morgan fingerprint density at radius 3 is 2.47 bits per heavy atom. The van der Waals surface area contributed by atoms with Crippen molar-refractivity contribution in [2.24, 2.45) is 7.05 Å². The highest BCUT2D eigenvalue weighted by molar-refractivity contribution is 7.87.